The van der Waals surface area contributed by atoms with E-state index in [-0.39, 0.29) is 29.4 Å². The maximum absolute atomic E-state index is 12.6. The minimum atomic E-state index is -0.361. The predicted molar refractivity (Wildman–Crippen MR) is 93.6 cm³/mol. The molecule has 1 aromatic heterocycles. The monoisotopic (exact) mass is 342 g/mol. The lowest BCUT2D eigenvalue weighted by Crippen LogP contribution is -2.52. The highest BCUT2D eigenvalue weighted by Gasteiger charge is 2.35. The van der Waals surface area contributed by atoms with Crippen LogP contribution in [0.3, 0.4) is 0 Å². The largest absolute Gasteiger partial charge is 0.378 e. The molecule has 4 rings (SSSR count). The topological polar surface area (TPSA) is 87.3 Å². The van der Waals surface area contributed by atoms with Crippen molar-refractivity contribution in [2.45, 2.75) is 31.3 Å². The van der Waals surface area contributed by atoms with E-state index in [0.29, 0.717) is 24.1 Å². The lowest BCUT2D eigenvalue weighted by molar-refractivity contribution is 0.0889. The van der Waals surface area contributed by atoms with Gasteiger partial charge in [0.1, 0.15) is 0 Å². The van der Waals surface area contributed by atoms with E-state index in [4.69, 9.17) is 4.74 Å². The Balaban J connectivity index is 1.52. The summed E-state index contributed by atoms with van der Waals surface area (Å²) >= 11 is 0. The molecule has 7 heteroatoms. The van der Waals surface area contributed by atoms with E-state index < -0.39 is 0 Å². The zero-order chi connectivity index (χ0) is 17.2. The van der Waals surface area contributed by atoms with Crippen LogP contribution < -0.4 is 10.9 Å². The minimum absolute atomic E-state index is 0.0491. The van der Waals surface area contributed by atoms with Gasteiger partial charge in [0.15, 0.2) is 5.82 Å². The van der Waals surface area contributed by atoms with Gasteiger partial charge in [-0.15, -0.1) is 0 Å². The zero-order valence-electron chi connectivity index (χ0n) is 14.0. The maximum atomic E-state index is 12.6. The van der Waals surface area contributed by atoms with Gasteiger partial charge < -0.3 is 15.0 Å². The Bertz CT molecular complexity index is 828. The van der Waals surface area contributed by atoms with Crippen molar-refractivity contribution in [3.05, 3.63) is 40.4 Å². The van der Waals surface area contributed by atoms with Crippen LogP contribution in [0.2, 0.25) is 0 Å². The van der Waals surface area contributed by atoms with Crippen LogP contribution in [-0.4, -0.2) is 59.2 Å². The number of rotatable bonds is 3. The smallest absolute Gasteiger partial charge is 0.287 e. The van der Waals surface area contributed by atoms with Crippen LogP contribution in [0.1, 0.15) is 29.9 Å². The first kappa shape index (κ1) is 16.2. The molecule has 2 saturated heterocycles. The van der Waals surface area contributed by atoms with Gasteiger partial charge in [0.25, 0.3) is 11.5 Å². The fourth-order valence-corrected chi connectivity index (χ4v) is 3.72. The Labute approximate surface area is 145 Å². The number of para-hydroxylation sites is 1. The molecule has 0 bridgehead atoms. The Morgan fingerprint density at radius 1 is 1.20 bits per heavy atom. The van der Waals surface area contributed by atoms with Crippen molar-refractivity contribution < 1.29 is 9.53 Å². The molecule has 2 atom stereocenters. The van der Waals surface area contributed by atoms with Crippen LogP contribution in [-0.2, 0) is 4.74 Å². The third kappa shape index (κ3) is 3.29. The fourth-order valence-electron chi connectivity index (χ4n) is 3.72. The summed E-state index contributed by atoms with van der Waals surface area (Å²) in [4.78, 5) is 34.0. The number of amides is 1. The summed E-state index contributed by atoms with van der Waals surface area (Å²) in [6, 6.07) is 7.11. The van der Waals surface area contributed by atoms with Gasteiger partial charge in [-0.2, -0.15) is 0 Å². The number of nitrogens with zero attached hydrogens (tertiary/aromatic N) is 2. The van der Waals surface area contributed by atoms with Crippen molar-refractivity contribution in [2.75, 3.05) is 26.3 Å². The van der Waals surface area contributed by atoms with E-state index in [1.54, 1.807) is 24.3 Å². The predicted octanol–water partition coefficient (Wildman–Crippen LogP) is 0.906. The molecule has 25 heavy (non-hydrogen) atoms. The first-order valence-corrected chi connectivity index (χ1v) is 8.84. The van der Waals surface area contributed by atoms with Gasteiger partial charge >= 0.3 is 0 Å². The number of ether oxygens (including phenoxy) is 1. The highest BCUT2D eigenvalue weighted by molar-refractivity contribution is 5.92. The summed E-state index contributed by atoms with van der Waals surface area (Å²) in [5, 5.41) is 3.48. The first-order chi connectivity index (χ1) is 12.2. The molecule has 1 amide bonds. The Kier molecular flexibility index (Phi) is 4.50. The molecule has 132 valence electrons. The van der Waals surface area contributed by atoms with Gasteiger partial charge in [-0.3, -0.25) is 14.5 Å². The van der Waals surface area contributed by atoms with Gasteiger partial charge in [-0.1, -0.05) is 18.6 Å². The Morgan fingerprint density at radius 2 is 2.00 bits per heavy atom. The number of aromatic nitrogens is 2. The van der Waals surface area contributed by atoms with Crippen molar-refractivity contribution in [1.82, 2.24) is 20.2 Å². The standard InChI is InChI=1S/C18H22N4O3/c23-17-12-6-2-3-7-13(12)19-16(21-17)18(24)20-14-10-25-11-15(14)22-8-4-1-5-9-22/h2-3,6-7,14-15H,1,4-5,8-11H2,(H,20,24)(H,19,21,23)/t14-,15-/m1/s1. The molecule has 0 spiro atoms. The molecule has 3 heterocycles. The molecule has 7 nitrogen and oxygen atoms in total. The third-order valence-corrected chi connectivity index (χ3v) is 5.05. The summed E-state index contributed by atoms with van der Waals surface area (Å²) in [6.45, 7) is 3.22. The van der Waals surface area contributed by atoms with Crippen LogP contribution in [0, 0.1) is 0 Å². The second kappa shape index (κ2) is 6.93. The second-order valence-corrected chi connectivity index (χ2v) is 6.71. The Morgan fingerprint density at radius 3 is 2.84 bits per heavy atom. The SMILES string of the molecule is O=C(N[C@@H]1COC[C@H]1N1CCCCC1)c1nc2ccccc2c(=O)[nH]1. The zero-order valence-corrected chi connectivity index (χ0v) is 14.0. The number of carbonyl (C=O) groups excluding carboxylic acids is 1. The number of hydrogen-bond donors (Lipinski definition) is 2. The number of likely N-dealkylation sites (tertiary alicyclic amines) is 1. The molecule has 2 N–H and O–H groups in total. The molecule has 1 aromatic carbocycles. The number of aromatic amines is 1. The van der Waals surface area contributed by atoms with Crippen molar-refractivity contribution in [3.63, 3.8) is 0 Å². The second-order valence-electron chi connectivity index (χ2n) is 6.71. The van der Waals surface area contributed by atoms with Gasteiger partial charge in [0.2, 0.25) is 0 Å². The first-order valence-electron chi connectivity index (χ1n) is 8.84. The summed E-state index contributed by atoms with van der Waals surface area (Å²) < 4.78 is 5.60. The van der Waals surface area contributed by atoms with Crippen LogP contribution in [0.5, 0.6) is 0 Å². The van der Waals surface area contributed by atoms with Gasteiger partial charge in [-0.25, -0.2) is 4.98 Å². The minimum Gasteiger partial charge on any atom is -0.378 e. The van der Waals surface area contributed by atoms with E-state index in [2.05, 4.69) is 20.2 Å². The van der Waals surface area contributed by atoms with Crippen LogP contribution >= 0.6 is 0 Å². The Hall–Kier alpha value is -2.25. The van der Waals surface area contributed by atoms with Crippen molar-refractivity contribution in [2.24, 2.45) is 0 Å². The molecule has 2 aromatic rings. The van der Waals surface area contributed by atoms with Gasteiger partial charge in [0.05, 0.1) is 36.2 Å². The van der Waals surface area contributed by atoms with Crippen LogP contribution in [0.15, 0.2) is 29.1 Å². The van der Waals surface area contributed by atoms with E-state index >= 15 is 0 Å². The van der Waals surface area contributed by atoms with Gasteiger partial charge in [0, 0.05) is 0 Å². The summed E-state index contributed by atoms with van der Waals surface area (Å²) in [5.41, 5.74) is 0.220. The van der Waals surface area contributed by atoms with E-state index in [9.17, 15) is 9.59 Å². The highest BCUT2D eigenvalue weighted by Crippen LogP contribution is 2.19. The average Bonchev–Trinajstić information content (AvgIpc) is 3.10. The number of nitrogens with one attached hydrogen (secondary N) is 2. The van der Waals surface area contributed by atoms with Crippen molar-refractivity contribution in [3.8, 4) is 0 Å². The number of fused-ring (bicyclic) bond motifs is 1. The van der Waals surface area contributed by atoms with E-state index in [0.717, 1.165) is 13.1 Å². The molecular weight excluding hydrogens is 320 g/mol. The summed E-state index contributed by atoms with van der Waals surface area (Å²) in [5.74, 6) is -0.312. The van der Waals surface area contributed by atoms with Crippen LogP contribution in [0.25, 0.3) is 10.9 Å². The van der Waals surface area contributed by atoms with Gasteiger partial charge in [-0.05, 0) is 38.1 Å². The summed E-state index contributed by atoms with van der Waals surface area (Å²) in [6.07, 6.45) is 3.65. The fraction of sp³-hybridized carbons (Fsp3) is 0.500. The molecule has 2 aliphatic rings. The maximum Gasteiger partial charge on any atom is 0.287 e. The normalized spacial score (nSPS) is 24.5. The highest BCUT2D eigenvalue weighted by atomic mass is 16.5. The van der Waals surface area contributed by atoms with E-state index in [1.807, 2.05) is 0 Å². The number of H-pyrrole nitrogens is 1. The lowest BCUT2D eigenvalue weighted by Gasteiger charge is -2.34. The van der Waals surface area contributed by atoms with Crippen molar-refractivity contribution >= 4 is 16.8 Å². The van der Waals surface area contributed by atoms with Crippen molar-refractivity contribution in [1.29, 1.82) is 0 Å². The number of carbonyl (C=O) groups is 1. The molecule has 0 radical (unpaired) electrons. The lowest BCUT2D eigenvalue weighted by atomic mass is 10.0. The van der Waals surface area contributed by atoms with E-state index in [1.165, 1.54) is 19.3 Å². The molecule has 0 saturated carbocycles. The number of hydrogen-bond acceptors (Lipinski definition) is 5. The molecular formula is C18H22N4O3. The molecule has 2 fully saturated rings. The van der Waals surface area contributed by atoms with Crippen LogP contribution in [0.4, 0.5) is 0 Å². The number of piperidine rings is 1. The summed E-state index contributed by atoms with van der Waals surface area (Å²) in [7, 11) is 0. The average molecular weight is 342 g/mol. The molecule has 2 aliphatic heterocycles. The number of benzene rings is 1. The third-order valence-electron chi connectivity index (χ3n) is 5.05. The molecule has 0 aliphatic carbocycles. The molecule has 0 unspecified atom stereocenters. The quantitative estimate of drug-likeness (QED) is 0.866.